The average molecular weight is 526 g/mol. The van der Waals surface area contributed by atoms with E-state index in [1.165, 1.54) is 16.9 Å². The van der Waals surface area contributed by atoms with E-state index < -0.39 is 6.04 Å². The molecule has 2 heterocycles. The molecule has 0 spiro atoms. The molecule has 0 bridgehead atoms. The molecule has 6 heteroatoms. The summed E-state index contributed by atoms with van der Waals surface area (Å²) in [7, 11) is 0. The minimum Gasteiger partial charge on any atom is -0.341 e. The molecule has 0 aliphatic rings. The Morgan fingerprint density at radius 2 is 1.42 bits per heavy atom. The first-order valence-corrected chi connectivity index (χ1v) is 13.6. The normalized spacial score (nSPS) is 12.7. The van der Waals surface area contributed by atoms with Gasteiger partial charge in [0, 0.05) is 28.4 Å². The fraction of sp³-hybridized carbons (Fsp3) is 0.312. The lowest BCUT2D eigenvalue weighted by molar-refractivity contribution is -0.109. The molecule has 0 aliphatic heterocycles. The van der Waals surface area contributed by atoms with E-state index >= 15 is 0 Å². The second-order valence-corrected chi connectivity index (χ2v) is 12.7. The van der Waals surface area contributed by atoms with Crippen molar-refractivity contribution in [3.63, 3.8) is 0 Å². The molecule has 4 aromatic rings. The van der Waals surface area contributed by atoms with Crippen molar-refractivity contribution in [2.45, 2.75) is 64.8 Å². The third kappa shape index (κ3) is 6.62. The van der Waals surface area contributed by atoms with Crippen molar-refractivity contribution in [1.82, 2.24) is 15.3 Å². The molecule has 5 nitrogen and oxygen atoms in total. The molecular weight excluding hydrogens is 490 g/mol. The number of nitrogens with zero attached hydrogens (tertiary/aromatic N) is 2. The van der Waals surface area contributed by atoms with E-state index in [1.807, 2.05) is 48.8 Å². The number of thiophene rings is 1. The maximum absolute atomic E-state index is 12.7. The Balaban J connectivity index is 1.39. The fourth-order valence-corrected chi connectivity index (χ4v) is 5.04. The summed E-state index contributed by atoms with van der Waals surface area (Å²) in [5.74, 6) is 0.417. The van der Waals surface area contributed by atoms with Crippen LogP contribution in [0.2, 0.25) is 0 Å². The van der Waals surface area contributed by atoms with E-state index in [9.17, 15) is 9.59 Å². The zero-order chi connectivity index (χ0) is 27.5. The van der Waals surface area contributed by atoms with Crippen LogP contribution in [0.4, 0.5) is 0 Å². The minimum absolute atomic E-state index is 0.0171. The molecule has 2 aromatic carbocycles. The van der Waals surface area contributed by atoms with E-state index in [1.54, 1.807) is 0 Å². The van der Waals surface area contributed by atoms with Crippen molar-refractivity contribution in [2.24, 2.45) is 0 Å². The van der Waals surface area contributed by atoms with Gasteiger partial charge in [0.15, 0.2) is 5.82 Å². The van der Waals surface area contributed by atoms with E-state index in [-0.39, 0.29) is 16.7 Å². The second kappa shape index (κ2) is 11.0. The summed E-state index contributed by atoms with van der Waals surface area (Å²) >= 11 is 1.47. The van der Waals surface area contributed by atoms with Gasteiger partial charge in [0.05, 0.1) is 10.9 Å². The fourth-order valence-electron chi connectivity index (χ4n) is 4.07. The molecule has 196 valence electrons. The van der Waals surface area contributed by atoms with Crippen molar-refractivity contribution in [1.29, 1.82) is 0 Å². The standard InChI is InChI=1S/C32H35N3O2S/c1-31(2,3)25-13-11-22(12-14-25)24-18-33-29(34-19-24)23-9-7-21(8-10-23)17-26(20-36)35-30(37)27-15-16-28(38-27)32(4,5)6/h7-16,18-20,26H,17H2,1-6H3,(H,35,37). The van der Waals surface area contributed by atoms with E-state index in [4.69, 9.17) is 0 Å². The van der Waals surface area contributed by atoms with Gasteiger partial charge < -0.3 is 10.1 Å². The van der Waals surface area contributed by atoms with Crippen molar-refractivity contribution in [2.75, 3.05) is 0 Å². The molecule has 0 saturated carbocycles. The summed E-state index contributed by atoms with van der Waals surface area (Å²) in [6.07, 6.45) is 4.89. The van der Waals surface area contributed by atoms with Gasteiger partial charge >= 0.3 is 0 Å². The Morgan fingerprint density at radius 3 is 1.95 bits per heavy atom. The summed E-state index contributed by atoms with van der Waals surface area (Å²) in [6.45, 7) is 13.0. The van der Waals surface area contributed by atoms with Crippen LogP contribution in [0.3, 0.4) is 0 Å². The topological polar surface area (TPSA) is 72.0 Å². The monoisotopic (exact) mass is 525 g/mol. The van der Waals surface area contributed by atoms with Crippen LogP contribution in [0.1, 0.15) is 67.2 Å². The van der Waals surface area contributed by atoms with Gasteiger partial charge in [-0.2, -0.15) is 0 Å². The van der Waals surface area contributed by atoms with Crippen LogP contribution < -0.4 is 5.32 Å². The van der Waals surface area contributed by atoms with Gasteiger partial charge in [-0.05, 0) is 46.1 Å². The maximum atomic E-state index is 12.7. The molecule has 0 radical (unpaired) electrons. The number of hydrogen-bond acceptors (Lipinski definition) is 5. The molecule has 2 aromatic heterocycles. The van der Waals surface area contributed by atoms with Crippen LogP contribution in [0.25, 0.3) is 22.5 Å². The number of aromatic nitrogens is 2. The SMILES string of the molecule is CC(C)(C)c1ccc(-c2cnc(-c3ccc(CC(C=O)NC(=O)c4ccc(C(C)(C)C)s4)cc3)nc2)cc1. The minimum atomic E-state index is -0.603. The Hall–Kier alpha value is -3.64. The van der Waals surface area contributed by atoms with Gasteiger partial charge in [-0.25, -0.2) is 9.97 Å². The summed E-state index contributed by atoms with van der Waals surface area (Å²) in [5, 5.41) is 2.85. The first-order chi connectivity index (χ1) is 17.9. The third-order valence-electron chi connectivity index (χ3n) is 6.45. The van der Waals surface area contributed by atoms with Crippen molar-refractivity contribution < 1.29 is 9.59 Å². The lowest BCUT2D eigenvalue weighted by Crippen LogP contribution is -2.37. The number of benzene rings is 2. The van der Waals surface area contributed by atoms with E-state index in [2.05, 4.69) is 81.1 Å². The number of amides is 1. The van der Waals surface area contributed by atoms with Gasteiger partial charge in [0.2, 0.25) is 0 Å². The van der Waals surface area contributed by atoms with Crippen LogP contribution in [0.15, 0.2) is 73.1 Å². The summed E-state index contributed by atoms with van der Waals surface area (Å²) in [4.78, 5) is 35.3. The second-order valence-electron chi connectivity index (χ2n) is 11.7. The summed E-state index contributed by atoms with van der Waals surface area (Å²) in [6, 6.07) is 19.5. The van der Waals surface area contributed by atoms with Crippen LogP contribution >= 0.6 is 11.3 Å². The lowest BCUT2D eigenvalue weighted by atomic mass is 9.86. The predicted molar refractivity (Wildman–Crippen MR) is 156 cm³/mol. The molecule has 0 fully saturated rings. The number of rotatable bonds is 7. The number of carbonyl (C=O) groups is 2. The molecule has 0 saturated heterocycles. The molecule has 0 aliphatic carbocycles. The van der Waals surface area contributed by atoms with E-state index in [0.717, 1.165) is 33.4 Å². The van der Waals surface area contributed by atoms with Crippen molar-refractivity contribution >= 4 is 23.5 Å². The largest absolute Gasteiger partial charge is 0.341 e. The molecule has 4 rings (SSSR count). The van der Waals surface area contributed by atoms with Crippen molar-refractivity contribution in [3.05, 3.63) is 93.9 Å². The Kier molecular flexibility index (Phi) is 7.93. The first kappa shape index (κ1) is 27.4. The number of nitrogens with one attached hydrogen (secondary N) is 1. The third-order valence-corrected chi connectivity index (χ3v) is 7.96. The number of hydrogen-bond donors (Lipinski definition) is 1. The van der Waals surface area contributed by atoms with E-state index in [0.29, 0.717) is 17.1 Å². The molecule has 1 N–H and O–H groups in total. The van der Waals surface area contributed by atoms with Crippen LogP contribution in [0, 0.1) is 0 Å². The molecule has 1 atom stereocenters. The van der Waals surface area contributed by atoms with Gasteiger partial charge in [0.1, 0.15) is 6.29 Å². The Morgan fingerprint density at radius 1 is 0.816 bits per heavy atom. The van der Waals surface area contributed by atoms with Gasteiger partial charge in [-0.1, -0.05) is 90.1 Å². The molecule has 1 amide bonds. The summed E-state index contributed by atoms with van der Waals surface area (Å²) < 4.78 is 0. The quantitative estimate of drug-likeness (QED) is 0.264. The lowest BCUT2D eigenvalue weighted by Gasteiger charge is -2.19. The predicted octanol–water partition coefficient (Wildman–Crippen LogP) is 7.01. The van der Waals surface area contributed by atoms with Crippen LogP contribution in [0.5, 0.6) is 0 Å². The highest BCUT2D eigenvalue weighted by molar-refractivity contribution is 7.14. The summed E-state index contributed by atoms with van der Waals surface area (Å²) in [5.41, 5.74) is 5.28. The van der Waals surface area contributed by atoms with Gasteiger partial charge in [0.25, 0.3) is 5.91 Å². The smallest absolute Gasteiger partial charge is 0.261 e. The number of carbonyl (C=O) groups excluding carboxylic acids is 2. The van der Waals surface area contributed by atoms with Gasteiger partial charge in [-0.3, -0.25) is 4.79 Å². The Bertz CT molecular complexity index is 1390. The maximum Gasteiger partial charge on any atom is 0.261 e. The molecule has 1 unspecified atom stereocenters. The number of aldehydes is 1. The molecular formula is C32H35N3O2S. The highest BCUT2D eigenvalue weighted by Gasteiger charge is 2.20. The highest BCUT2D eigenvalue weighted by Crippen LogP contribution is 2.30. The van der Waals surface area contributed by atoms with Gasteiger partial charge in [-0.15, -0.1) is 11.3 Å². The zero-order valence-electron chi connectivity index (χ0n) is 22.9. The zero-order valence-corrected chi connectivity index (χ0v) is 23.7. The average Bonchev–Trinajstić information content (AvgIpc) is 3.40. The highest BCUT2D eigenvalue weighted by atomic mass is 32.1. The van der Waals surface area contributed by atoms with Crippen LogP contribution in [-0.4, -0.2) is 28.2 Å². The Labute approximate surface area is 229 Å². The molecule has 38 heavy (non-hydrogen) atoms. The van der Waals surface area contributed by atoms with Crippen LogP contribution in [-0.2, 0) is 22.0 Å². The first-order valence-electron chi connectivity index (χ1n) is 12.8. The van der Waals surface area contributed by atoms with Crippen molar-refractivity contribution in [3.8, 4) is 22.5 Å².